The Morgan fingerprint density at radius 3 is 2.69 bits per heavy atom. The van der Waals surface area contributed by atoms with Crippen LogP contribution in [-0.4, -0.2) is 17.2 Å². The van der Waals surface area contributed by atoms with Gasteiger partial charge in [0.25, 0.3) is 0 Å². The van der Waals surface area contributed by atoms with Gasteiger partial charge in [0.2, 0.25) is 11.8 Å². The van der Waals surface area contributed by atoms with Crippen LogP contribution >= 0.6 is 0 Å². The van der Waals surface area contributed by atoms with Gasteiger partial charge in [-0.25, -0.2) is 0 Å². The first-order chi connectivity index (χ1) is 7.72. The van der Waals surface area contributed by atoms with E-state index in [2.05, 4.69) is 15.5 Å². The molecule has 0 saturated carbocycles. The van der Waals surface area contributed by atoms with Crippen molar-refractivity contribution in [2.45, 2.75) is 19.9 Å². The minimum absolute atomic E-state index is 0.0743. The molecular weight excluding hydrogens is 202 g/mol. The Balaban J connectivity index is 2.35. The summed E-state index contributed by atoms with van der Waals surface area (Å²) in [6, 6.07) is 8.04. The van der Waals surface area contributed by atoms with E-state index < -0.39 is 0 Å². The fourth-order valence-electron chi connectivity index (χ4n) is 1.45. The molecule has 1 aromatic carbocycles. The molecule has 0 radical (unpaired) electrons. The van der Waals surface area contributed by atoms with E-state index in [0.29, 0.717) is 11.8 Å². The minimum Gasteiger partial charge on any atom is -0.419 e. The van der Waals surface area contributed by atoms with Crippen molar-refractivity contribution in [3.63, 3.8) is 0 Å². The molecular formula is C12H15N3O. The van der Waals surface area contributed by atoms with Gasteiger partial charge in [-0.2, -0.15) is 0 Å². The Morgan fingerprint density at radius 2 is 2.00 bits per heavy atom. The predicted molar refractivity (Wildman–Crippen MR) is 61.9 cm³/mol. The first kappa shape index (κ1) is 10.8. The molecule has 4 heteroatoms. The molecule has 1 aromatic heterocycles. The van der Waals surface area contributed by atoms with Crippen molar-refractivity contribution in [2.75, 3.05) is 7.05 Å². The van der Waals surface area contributed by atoms with Crippen LogP contribution in [-0.2, 0) is 0 Å². The average Bonchev–Trinajstić information content (AvgIpc) is 2.78. The van der Waals surface area contributed by atoms with E-state index in [-0.39, 0.29) is 6.04 Å². The number of benzene rings is 1. The third-order valence-corrected chi connectivity index (χ3v) is 2.62. The molecule has 0 saturated heterocycles. The number of aryl methyl sites for hydroxylation is 1. The summed E-state index contributed by atoms with van der Waals surface area (Å²) in [5, 5.41) is 11.1. The zero-order chi connectivity index (χ0) is 11.5. The van der Waals surface area contributed by atoms with Crippen LogP contribution in [0.3, 0.4) is 0 Å². The van der Waals surface area contributed by atoms with Gasteiger partial charge in [0.15, 0.2) is 0 Å². The fraction of sp³-hybridized carbons (Fsp3) is 0.333. The largest absolute Gasteiger partial charge is 0.419 e. The predicted octanol–water partition coefficient (Wildman–Crippen LogP) is 2.33. The third kappa shape index (κ3) is 1.97. The molecule has 2 aromatic rings. The Kier molecular flexibility index (Phi) is 3.01. The zero-order valence-corrected chi connectivity index (χ0v) is 9.69. The second-order valence-electron chi connectivity index (χ2n) is 3.77. The number of aromatic nitrogens is 2. The van der Waals surface area contributed by atoms with Gasteiger partial charge in [0.1, 0.15) is 0 Å². The van der Waals surface area contributed by atoms with E-state index in [1.165, 1.54) is 0 Å². The van der Waals surface area contributed by atoms with Crippen LogP contribution in [0.4, 0.5) is 0 Å². The fourth-order valence-corrected chi connectivity index (χ4v) is 1.45. The van der Waals surface area contributed by atoms with E-state index >= 15 is 0 Å². The maximum Gasteiger partial charge on any atom is 0.248 e. The summed E-state index contributed by atoms with van der Waals surface area (Å²) in [5.41, 5.74) is 2.12. The highest BCUT2D eigenvalue weighted by molar-refractivity contribution is 5.57. The Labute approximate surface area is 94.7 Å². The van der Waals surface area contributed by atoms with Gasteiger partial charge in [-0.3, -0.25) is 0 Å². The van der Waals surface area contributed by atoms with Crippen LogP contribution in [0.2, 0.25) is 0 Å². The lowest BCUT2D eigenvalue weighted by atomic mass is 10.1. The molecule has 0 aliphatic carbocycles. The maximum absolute atomic E-state index is 5.62. The lowest BCUT2D eigenvalue weighted by molar-refractivity contribution is 0.441. The first-order valence-electron chi connectivity index (χ1n) is 5.29. The summed E-state index contributed by atoms with van der Waals surface area (Å²) >= 11 is 0. The van der Waals surface area contributed by atoms with Crippen molar-refractivity contribution in [2.24, 2.45) is 0 Å². The van der Waals surface area contributed by atoms with E-state index in [9.17, 15) is 0 Å². The molecule has 4 nitrogen and oxygen atoms in total. The van der Waals surface area contributed by atoms with Gasteiger partial charge >= 0.3 is 0 Å². The average molecular weight is 217 g/mol. The van der Waals surface area contributed by atoms with Crippen molar-refractivity contribution in [1.29, 1.82) is 0 Å². The van der Waals surface area contributed by atoms with Crippen molar-refractivity contribution >= 4 is 0 Å². The third-order valence-electron chi connectivity index (χ3n) is 2.62. The molecule has 0 bridgehead atoms. The highest BCUT2D eigenvalue weighted by atomic mass is 16.4. The molecule has 16 heavy (non-hydrogen) atoms. The second kappa shape index (κ2) is 4.45. The molecule has 1 atom stereocenters. The van der Waals surface area contributed by atoms with Gasteiger partial charge in [-0.1, -0.05) is 18.2 Å². The van der Waals surface area contributed by atoms with Gasteiger partial charge in [-0.05, 0) is 32.5 Å². The van der Waals surface area contributed by atoms with E-state index in [0.717, 1.165) is 11.1 Å². The normalized spacial score (nSPS) is 12.7. The van der Waals surface area contributed by atoms with E-state index in [1.54, 1.807) is 0 Å². The van der Waals surface area contributed by atoms with Crippen molar-refractivity contribution in [3.8, 4) is 11.5 Å². The highest BCUT2D eigenvalue weighted by Crippen LogP contribution is 2.23. The van der Waals surface area contributed by atoms with Crippen molar-refractivity contribution in [3.05, 3.63) is 35.7 Å². The maximum atomic E-state index is 5.62. The van der Waals surface area contributed by atoms with Crippen LogP contribution in [0.25, 0.3) is 11.5 Å². The van der Waals surface area contributed by atoms with Crippen LogP contribution < -0.4 is 5.32 Å². The van der Waals surface area contributed by atoms with Gasteiger partial charge in [0.05, 0.1) is 6.04 Å². The summed E-state index contributed by atoms with van der Waals surface area (Å²) in [6.07, 6.45) is 0. The molecule has 1 N–H and O–H groups in total. The number of hydrogen-bond acceptors (Lipinski definition) is 4. The van der Waals surface area contributed by atoms with Crippen LogP contribution in [0.5, 0.6) is 0 Å². The lowest BCUT2D eigenvalue weighted by Crippen LogP contribution is -2.12. The van der Waals surface area contributed by atoms with Crippen molar-refractivity contribution in [1.82, 2.24) is 15.5 Å². The first-order valence-corrected chi connectivity index (χ1v) is 5.29. The molecule has 0 aliphatic heterocycles. The molecule has 0 aliphatic rings. The van der Waals surface area contributed by atoms with Gasteiger partial charge in [-0.15, -0.1) is 10.2 Å². The summed E-state index contributed by atoms with van der Waals surface area (Å²) in [5.74, 6) is 1.19. The van der Waals surface area contributed by atoms with Crippen LogP contribution in [0.1, 0.15) is 24.4 Å². The van der Waals surface area contributed by atoms with Crippen LogP contribution in [0, 0.1) is 6.92 Å². The van der Waals surface area contributed by atoms with Gasteiger partial charge < -0.3 is 9.73 Å². The Bertz CT molecular complexity index is 479. The molecule has 0 fully saturated rings. The molecule has 2 rings (SSSR count). The lowest BCUT2D eigenvalue weighted by Gasteiger charge is -2.03. The number of hydrogen-bond donors (Lipinski definition) is 1. The Morgan fingerprint density at radius 1 is 1.25 bits per heavy atom. The molecule has 1 unspecified atom stereocenters. The summed E-state index contributed by atoms with van der Waals surface area (Å²) < 4.78 is 5.62. The van der Waals surface area contributed by atoms with E-state index in [1.807, 2.05) is 45.2 Å². The van der Waals surface area contributed by atoms with Crippen molar-refractivity contribution < 1.29 is 4.42 Å². The van der Waals surface area contributed by atoms with E-state index in [4.69, 9.17) is 4.42 Å². The zero-order valence-electron chi connectivity index (χ0n) is 9.69. The van der Waals surface area contributed by atoms with Gasteiger partial charge in [0, 0.05) is 5.56 Å². The number of nitrogens with one attached hydrogen (secondary N) is 1. The topological polar surface area (TPSA) is 51.0 Å². The number of rotatable bonds is 3. The molecule has 1 heterocycles. The summed E-state index contributed by atoms with van der Waals surface area (Å²) in [4.78, 5) is 0. The molecule has 84 valence electrons. The molecule has 0 spiro atoms. The second-order valence-corrected chi connectivity index (χ2v) is 3.77. The smallest absolute Gasteiger partial charge is 0.248 e. The highest BCUT2D eigenvalue weighted by Gasteiger charge is 2.13. The Hall–Kier alpha value is -1.68. The summed E-state index contributed by atoms with van der Waals surface area (Å²) in [7, 11) is 1.86. The van der Waals surface area contributed by atoms with Crippen LogP contribution in [0.15, 0.2) is 28.7 Å². The monoisotopic (exact) mass is 217 g/mol. The molecule has 0 amide bonds. The quantitative estimate of drug-likeness (QED) is 0.857. The SMILES string of the molecule is CNC(C)c1nnc(-c2ccccc2C)o1. The summed E-state index contributed by atoms with van der Waals surface area (Å²) in [6.45, 7) is 4.01. The minimum atomic E-state index is 0.0743. The number of nitrogens with zero attached hydrogens (tertiary/aromatic N) is 2. The standard InChI is InChI=1S/C12H15N3O/c1-8-6-4-5-7-10(8)12-15-14-11(16-12)9(2)13-3/h4-7,9,13H,1-3H3.